The fourth-order valence-corrected chi connectivity index (χ4v) is 2.69. The Balaban J connectivity index is 2.15. The van der Waals surface area contributed by atoms with Crippen LogP contribution in [0.4, 0.5) is 8.78 Å². The first-order valence-electron chi connectivity index (χ1n) is 6.23. The van der Waals surface area contributed by atoms with Gasteiger partial charge in [-0.3, -0.25) is 0 Å². The molecule has 0 aliphatic heterocycles. The second-order valence-electron chi connectivity index (χ2n) is 4.63. The molecule has 0 radical (unpaired) electrons. The van der Waals surface area contributed by atoms with E-state index in [4.69, 9.17) is 11.6 Å². The Kier molecular flexibility index (Phi) is 3.41. The Morgan fingerprint density at radius 3 is 2.20 bits per heavy atom. The Labute approximate surface area is 120 Å². The van der Waals surface area contributed by atoms with Crippen LogP contribution in [0.3, 0.4) is 0 Å². The summed E-state index contributed by atoms with van der Waals surface area (Å²) in [5.74, 6) is -1.24. The van der Waals surface area contributed by atoms with Crippen molar-refractivity contribution in [1.29, 1.82) is 0 Å². The largest absolute Gasteiger partial charge is 0.207 e. The lowest BCUT2D eigenvalue weighted by Gasteiger charge is -2.13. The van der Waals surface area contributed by atoms with Crippen LogP contribution in [-0.2, 0) is 0 Å². The summed E-state index contributed by atoms with van der Waals surface area (Å²) >= 11 is 6.42. The Morgan fingerprint density at radius 2 is 1.45 bits per heavy atom. The highest BCUT2D eigenvalue weighted by molar-refractivity contribution is 6.23. The van der Waals surface area contributed by atoms with E-state index in [0.29, 0.717) is 5.56 Å². The number of benzene rings is 3. The normalized spacial score (nSPS) is 12.6. The molecule has 0 fully saturated rings. The van der Waals surface area contributed by atoms with Crippen molar-refractivity contribution in [1.82, 2.24) is 0 Å². The van der Waals surface area contributed by atoms with Crippen LogP contribution in [0.25, 0.3) is 10.8 Å². The van der Waals surface area contributed by atoms with Crippen LogP contribution in [0.2, 0.25) is 0 Å². The minimum Gasteiger partial charge on any atom is -0.207 e. The van der Waals surface area contributed by atoms with Gasteiger partial charge in [-0.1, -0.05) is 42.5 Å². The smallest absolute Gasteiger partial charge is 0.126 e. The molecule has 0 heterocycles. The Bertz CT molecular complexity index is 742. The Morgan fingerprint density at radius 1 is 0.800 bits per heavy atom. The highest BCUT2D eigenvalue weighted by Gasteiger charge is 2.15. The number of alkyl halides is 1. The van der Waals surface area contributed by atoms with Gasteiger partial charge in [-0.2, -0.15) is 0 Å². The van der Waals surface area contributed by atoms with E-state index in [0.717, 1.165) is 22.4 Å². The molecule has 1 atom stereocenters. The average molecular weight is 289 g/mol. The van der Waals surface area contributed by atoms with E-state index in [9.17, 15) is 8.78 Å². The highest BCUT2D eigenvalue weighted by atomic mass is 35.5. The molecular weight excluding hydrogens is 278 g/mol. The first-order valence-corrected chi connectivity index (χ1v) is 6.66. The SMILES string of the molecule is Fc1cc(F)cc(C(Cl)c2cccc3ccccc23)c1. The zero-order valence-corrected chi connectivity index (χ0v) is 11.2. The minimum absolute atomic E-state index is 0.417. The lowest BCUT2D eigenvalue weighted by molar-refractivity contribution is 0.580. The van der Waals surface area contributed by atoms with Gasteiger partial charge in [0.15, 0.2) is 0 Å². The summed E-state index contributed by atoms with van der Waals surface area (Å²) in [4.78, 5) is 0. The van der Waals surface area contributed by atoms with Crippen LogP contribution >= 0.6 is 11.6 Å². The standard InChI is InChI=1S/C17H11ClF2/c18-17(12-8-13(19)10-14(20)9-12)16-7-3-5-11-4-1-2-6-15(11)16/h1-10,17H. The summed E-state index contributed by atoms with van der Waals surface area (Å²) in [6, 6.07) is 16.9. The van der Waals surface area contributed by atoms with Crippen molar-refractivity contribution in [2.24, 2.45) is 0 Å². The Hall–Kier alpha value is -1.93. The van der Waals surface area contributed by atoms with Gasteiger partial charge in [-0.15, -0.1) is 11.6 Å². The van der Waals surface area contributed by atoms with Gasteiger partial charge < -0.3 is 0 Å². The molecule has 0 aliphatic carbocycles. The van der Waals surface area contributed by atoms with Gasteiger partial charge in [-0.05, 0) is 34.0 Å². The molecule has 0 aliphatic rings. The van der Waals surface area contributed by atoms with Crippen LogP contribution in [0.1, 0.15) is 16.5 Å². The number of hydrogen-bond donors (Lipinski definition) is 0. The van der Waals surface area contributed by atoms with E-state index < -0.39 is 17.0 Å². The molecule has 0 saturated carbocycles. The first-order chi connectivity index (χ1) is 9.65. The van der Waals surface area contributed by atoms with E-state index in [-0.39, 0.29) is 0 Å². The summed E-state index contributed by atoms with van der Waals surface area (Å²) in [6.07, 6.45) is 0. The highest BCUT2D eigenvalue weighted by Crippen LogP contribution is 2.34. The molecule has 1 unspecified atom stereocenters. The van der Waals surface area contributed by atoms with Crippen LogP contribution < -0.4 is 0 Å². The summed E-state index contributed by atoms with van der Waals surface area (Å²) in [7, 11) is 0. The van der Waals surface area contributed by atoms with Gasteiger partial charge in [0, 0.05) is 6.07 Å². The molecule has 0 nitrogen and oxygen atoms in total. The molecule has 3 rings (SSSR count). The van der Waals surface area contributed by atoms with Gasteiger partial charge in [-0.25, -0.2) is 8.78 Å². The molecule has 3 aromatic carbocycles. The molecule has 0 N–H and O–H groups in total. The van der Waals surface area contributed by atoms with Crippen LogP contribution in [0.15, 0.2) is 60.7 Å². The lowest BCUT2D eigenvalue weighted by atomic mass is 9.98. The number of hydrogen-bond acceptors (Lipinski definition) is 0. The van der Waals surface area contributed by atoms with E-state index in [2.05, 4.69) is 0 Å². The van der Waals surface area contributed by atoms with Crippen molar-refractivity contribution in [3.05, 3.63) is 83.4 Å². The van der Waals surface area contributed by atoms with E-state index in [1.807, 2.05) is 42.5 Å². The molecular formula is C17H11ClF2. The monoisotopic (exact) mass is 288 g/mol. The van der Waals surface area contributed by atoms with Gasteiger partial charge >= 0.3 is 0 Å². The third-order valence-corrected chi connectivity index (χ3v) is 3.76. The first kappa shape index (κ1) is 13.1. The summed E-state index contributed by atoms with van der Waals surface area (Å²) in [6.45, 7) is 0. The lowest BCUT2D eigenvalue weighted by Crippen LogP contribution is -1.96. The molecule has 0 spiro atoms. The van der Waals surface area contributed by atoms with Crippen molar-refractivity contribution in [3.8, 4) is 0 Å². The fourth-order valence-electron chi connectivity index (χ4n) is 2.37. The van der Waals surface area contributed by atoms with Crippen LogP contribution in [0.5, 0.6) is 0 Å². The molecule has 20 heavy (non-hydrogen) atoms. The fraction of sp³-hybridized carbons (Fsp3) is 0.0588. The second kappa shape index (κ2) is 5.22. The van der Waals surface area contributed by atoms with E-state index >= 15 is 0 Å². The van der Waals surface area contributed by atoms with E-state index in [1.54, 1.807) is 0 Å². The predicted molar refractivity (Wildman–Crippen MR) is 78.0 cm³/mol. The second-order valence-corrected chi connectivity index (χ2v) is 5.07. The molecule has 0 amide bonds. The summed E-state index contributed by atoms with van der Waals surface area (Å²) < 4.78 is 26.6. The van der Waals surface area contributed by atoms with Crippen LogP contribution in [0, 0.1) is 11.6 Å². The molecule has 0 aromatic heterocycles. The predicted octanol–water partition coefficient (Wildman–Crippen LogP) is 5.45. The zero-order chi connectivity index (χ0) is 14.1. The van der Waals surface area contributed by atoms with Crippen molar-refractivity contribution in [3.63, 3.8) is 0 Å². The molecule has 3 heteroatoms. The maximum Gasteiger partial charge on any atom is 0.126 e. The quantitative estimate of drug-likeness (QED) is 0.550. The van der Waals surface area contributed by atoms with Crippen molar-refractivity contribution in [2.75, 3.05) is 0 Å². The van der Waals surface area contributed by atoms with Crippen molar-refractivity contribution < 1.29 is 8.78 Å². The zero-order valence-electron chi connectivity index (χ0n) is 10.5. The van der Waals surface area contributed by atoms with Gasteiger partial charge in [0.1, 0.15) is 11.6 Å². The van der Waals surface area contributed by atoms with Gasteiger partial charge in [0.25, 0.3) is 0 Å². The van der Waals surface area contributed by atoms with E-state index in [1.165, 1.54) is 12.1 Å². The number of fused-ring (bicyclic) bond motifs is 1. The topological polar surface area (TPSA) is 0 Å². The summed E-state index contributed by atoms with van der Waals surface area (Å²) in [5.41, 5.74) is 1.26. The maximum atomic E-state index is 13.3. The summed E-state index contributed by atoms with van der Waals surface area (Å²) in [5, 5.41) is 1.44. The molecule has 3 aromatic rings. The molecule has 100 valence electrons. The van der Waals surface area contributed by atoms with Crippen molar-refractivity contribution in [2.45, 2.75) is 5.38 Å². The minimum atomic E-state index is -0.620. The number of halogens is 3. The van der Waals surface area contributed by atoms with Gasteiger partial charge in [0.2, 0.25) is 0 Å². The third-order valence-electron chi connectivity index (χ3n) is 3.27. The van der Waals surface area contributed by atoms with Gasteiger partial charge in [0.05, 0.1) is 5.38 Å². The molecule has 0 bridgehead atoms. The third kappa shape index (κ3) is 2.39. The van der Waals surface area contributed by atoms with Crippen LogP contribution in [-0.4, -0.2) is 0 Å². The molecule has 0 saturated heterocycles. The number of rotatable bonds is 2. The maximum absolute atomic E-state index is 13.3. The average Bonchev–Trinajstić information content (AvgIpc) is 2.45. The van der Waals surface area contributed by atoms with Crippen molar-refractivity contribution >= 4 is 22.4 Å².